The van der Waals surface area contributed by atoms with Crippen molar-refractivity contribution in [2.24, 2.45) is 0 Å². The fourth-order valence-corrected chi connectivity index (χ4v) is 2.57. The second-order valence-electron chi connectivity index (χ2n) is 5.62. The van der Waals surface area contributed by atoms with Crippen LogP contribution < -0.4 is 15.0 Å². The van der Waals surface area contributed by atoms with Gasteiger partial charge in [0.05, 0.1) is 21.2 Å². The number of rotatable bonds is 7. The molecule has 0 saturated carbocycles. The van der Waals surface area contributed by atoms with Crippen molar-refractivity contribution in [3.63, 3.8) is 0 Å². The number of quaternary nitrogens is 2. The molecule has 0 fully saturated rings. The normalized spacial score (nSPS) is 12.4. The highest BCUT2D eigenvalue weighted by atomic mass is 16.5. The van der Waals surface area contributed by atoms with Crippen LogP contribution >= 0.6 is 0 Å². The Bertz CT molecular complexity index is 523. The molecule has 0 aromatic heterocycles. The van der Waals surface area contributed by atoms with Gasteiger partial charge in [0.15, 0.2) is 6.04 Å². The Morgan fingerprint density at radius 1 is 1.00 bits per heavy atom. The molecule has 0 aliphatic heterocycles. The molecule has 0 saturated heterocycles. The van der Waals surface area contributed by atoms with Crippen LogP contribution in [0.2, 0.25) is 0 Å². The van der Waals surface area contributed by atoms with Crippen LogP contribution in [0.15, 0.2) is 54.6 Å². The fourth-order valence-electron chi connectivity index (χ4n) is 2.57. The summed E-state index contributed by atoms with van der Waals surface area (Å²) in [6, 6.07) is 19.6. The van der Waals surface area contributed by atoms with Gasteiger partial charge in [-0.3, -0.25) is 0 Å². The molecular formula is C18H26N2O+2. The Kier molecular flexibility index (Phi) is 5.78. The van der Waals surface area contributed by atoms with E-state index in [1.54, 1.807) is 7.11 Å². The minimum atomic E-state index is 0.518. The molecule has 112 valence electrons. The third-order valence-corrected chi connectivity index (χ3v) is 3.84. The Balaban J connectivity index is 1.90. The van der Waals surface area contributed by atoms with Gasteiger partial charge in [0.2, 0.25) is 0 Å². The standard InChI is InChI=1S/C18H24N2O/c1-20(2)18(16-7-5-4-6-8-16)14-19-13-15-9-11-17(21-3)12-10-15/h4-12,18-19H,13-14H2,1-3H3/p+2/t18-/m0/s1. The number of nitrogens with one attached hydrogen (secondary N) is 1. The van der Waals surface area contributed by atoms with Crippen molar-refractivity contribution < 1.29 is 15.0 Å². The van der Waals surface area contributed by atoms with Gasteiger partial charge in [-0.05, 0) is 24.3 Å². The first kappa shape index (κ1) is 15.5. The van der Waals surface area contributed by atoms with Crippen LogP contribution in [0.4, 0.5) is 0 Å². The smallest absolute Gasteiger partial charge is 0.162 e. The number of methoxy groups -OCH3 is 1. The lowest BCUT2D eigenvalue weighted by Gasteiger charge is -2.20. The number of hydrogen-bond donors (Lipinski definition) is 2. The summed E-state index contributed by atoms with van der Waals surface area (Å²) in [6.07, 6.45) is 0. The second kappa shape index (κ2) is 7.81. The van der Waals surface area contributed by atoms with Gasteiger partial charge in [-0.2, -0.15) is 0 Å². The number of hydrogen-bond acceptors (Lipinski definition) is 1. The first-order chi connectivity index (χ1) is 10.2. The predicted octanol–water partition coefficient (Wildman–Crippen LogP) is 0.644. The molecule has 3 nitrogen and oxygen atoms in total. The molecule has 0 amide bonds. The zero-order chi connectivity index (χ0) is 15.1. The highest BCUT2D eigenvalue weighted by Crippen LogP contribution is 2.10. The van der Waals surface area contributed by atoms with Gasteiger partial charge < -0.3 is 15.0 Å². The van der Waals surface area contributed by atoms with Crippen LogP contribution in [0.1, 0.15) is 17.2 Å². The lowest BCUT2D eigenvalue weighted by atomic mass is 10.1. The third-order valence-electron chi connectivity index (χ3n) is 3.84. The molecule has 0 radical (unpaired) electrons. The SMILES string of the molecule is COc1ccc(C[NH2+]C[C@@H](c2ccccc2)[NH+](C)C)cc1. The van der Waals surface area contributed by atoms with Crippen molar-refractivity contribution in [1.29, 1.82) is 0 Å². The minimum absolute atomic E-state index is 0.518. The van der Waals surface area contributed by atoms with E-state index < -0.39 is 0 Å². The van der Waals surface area contributed by atoms with Crippen LogP contribution in [-0.2, 0) is 6.54 Å². The molecule has 0 aliphatic carbocycles. The molecule has 21 heavy (non-hydrogen) atoms. The lowest BCUT2D eigenvalue weighted by Crippen LogP contribution is -3.09. The average Bonchev–Trinajstić information content (AvgIpc) is 2.52. The lowest BCUT2D eigenvalue weighted by molar-refractivity contribution is -0.910. The third kappa shape index (κ3) is 4.59. The predicted molar refractivity (Wildman–Crippen MR) is 85.5 cm³/mol. The van der Waals surface area contributed by atoms with Gasteiger partial charge in [-0.15, -0.1) is 0 Å². The summed E-state index contributed by atoms with van der Waals surface area (Å²) in [4.78, 5) is 1.46. The van der Waals surface area contributed by atoms with Crippen LogP contribution in [0.5, 0.6) is 5.75 Å². The molecule has 0 unspecified atom stereocenters. The summed E-state index contributed by atoms with van der Waals surface area (Å²) in [5.41, 5.74) is 2.74. The van der Waals surface area contributed by atoms with E-state index in [2.05, 4.69) is 61.9 Å². The van der Waals surface area contributed by atoms with Gasteiger partial charge in [0.1, 0.15) is 18.8 Å². The van der Waals surface area contributed by atoms with Crippen LogP contribution in [-0.4, -0.2) is 27.7 Å². The molecule has 2 aromatic rings. The van der Waals surface area contributed by atoms with E-state index in [-0.39, 0.29) is 0 Å². The maximum atomic E-state index is 5.19. The first-order valence-corrected chi connectivity index (χ1v) is 7.50. The maximum Gasteiger partial charge on any atom is 0.162 e. The van der Waals surface area contributed by atoms with Gasteiger partial charge in [0.25, 0.3) is 0 Å². The highest BCUT2D eigenvalue weighted by Gasteiger charge is 2.19. The molecule has 2 rings (SSSR count). The van der Waals surface area contributed by atoms with Gasteiger partial charge in [-0.1, -0.05) is 30.3 Å². The van der Waals surface area contributed by atoms with Crippen LogP contribution in [0.25, 0.3) is 0 Å². The highest BCUT2D eigenvalue weighted by molar-refractivity contribution is 5.26. The molecular weight excluding hydrogens is 260 g/mol. The largest absolute Gasteiger partial charge is 0.497 e. The van der Waals surface area contributed by atoms with Crippen LogP contribution in [0.3, 0.4) is 0 Å². The van der Waals surface area contributed by atoms with Gasteiger partial charge in [0, 0.05) is 11.1 Å². The number of nitrogens with two attached hydrogens (primary N) is 1. The number of ether oxygens (including phenoxy) is 1. The van der Waals surface area contributed by atoms with Crippen molar-refractivity contribution in [3.8, 4) is 5.75 Å². The molecule has 0 aliphatic rings. The van der Waals surface area contributed by atoms with Crippen molar-refractivity contribution >= 4 is 0 Å². The molecule has 1 atom stereocenters. The molecule has 2 aromatic carbocycles. The van der Waals surface area contributed by atoms with Crippen molar-refractivity contribution in [2.75, 3.05) is 27.7 Å². The fraction of sp³-hybridized carbons (Fsp3) is 0.333. The topological polar surface area (TPSA) is 30.3 Å². The van der Waals surface area contributed by atoms with Crippen molar-refractivity contribution in [1.82, 2.24) is 0 Å². The minimum Gasteiger partial charge on any atom is -0.497 e. The Hall–Kier alpha value is -1.84. The quantitative estimate of drug-likeness (QED) is 0.769. The second-order valence-corrected chi connectivity index (χ2v) is 5.62. The summed E-state index contributed by atoms with van der Waals surface area (Å²) in [5.74, 6) is 0.915. The van der Waals surface area contributed by atoms with E-state index in [0.717, 1.165) is 18.8 Å². The van der Waals surface area contributed by atoms with Crippen LogP contribution in [0, 0.1) is 0 Å². The Labute approximate surface area is 127 Å². The van der Waals surface area contributed by atoms with E-state index in [0.29, 0.717) is 6.04 Å². The van der Waals surface area contributed by atoms with Crippen molar-refractivity contribution in [3.05, 3.63) is 65.7 Å². The zero-order valence-electron chi connectivity index (χ0n) is 13.2. The maximum absolute atomic E-state index is 5.19. The molecule has 3 heteroatoms. The van der Waals surface area contributed by atoms with Gasteiger partial charge >= 0.3 is 0 Å². The van der Waals surface area contributed by atoms with Gasteiger partial charge in [-0.25, -0.2) is 0 Å². The molecule has 0 spiro atoms. The summed E-state index contributed by atoms with van der Waals surface area (Å²) in [7, 11) is 6.14. The summed E-state index contributed by atoms with van der Waals surface area (Å²) >= 11 is 0. The summed E-state index contributed by atoms with van der Waals surface area (Å²) in [5, 5.41) is 2.38. The summed E-state index contributed by atoms with van der Waals surface area (Å²) in [6.45, 7) is 2.08. The average molecular weight is 286 g/mol. The number of likely N-dealkylation sites (N-methyl/N-ethyl adjacent to an activating group) is 1. The van der Waals surface area contributed by atoms with E-state index in [1.807, 2.05) is 12.1 Å². The van der Waals surface area contributed by atoms with E-state index in [4.69, 9.17) is 4.74 Å². The molecule has 0 bridgehead atoms. The van der Waals surface area contributed by atoms with E-state index in [9.17, 15) is 0 Å². The number of benzene rings is 2. The molecule has 0 heterocycles. The van der Waals surface area contributed by atoms with E-state index >= 15 is 0 Å². The summed E-state index contributed by atoms with van der Waals surface area (Å²) < 4.78 is 5.19. The van der Waals surface area contributed by atoms with E-state index in [1.165, 1.54) is 16.0 Å². The molecule has 3 N–H and O–H groups in total. The Morgan fingerprint density at radius 3 is 2.24 bits per heavy atom. The zero-order valence-corrected chi connectivity index (χ0v) is 13.2. The monoisotopic (exact) mass is 286 g/mol. The van der Waals surface area contributed by atoms with Crippen molar-refractivity contribution in [2.45, 2.75) is 12.6 Å². The Morgan fingerprint density at radius 2 is 1.67 bits per heavy atom. The first-order valence-electron chi connectivity index (χ1n) is 7.50.